The average molecular weight is 829 g/mol. The van der Waals surface area contributed by atoms with Crippen LogP contribution in [0.5, 0.6) is 0 Å². The number of unbranched alkanes of at least 4 members (excludes halogenated alkanes) is 33. The molecule has 0 aromatic heterocycles. The van der Waals surface area contributed by atoms with E-state index < -0.39 is 26.5 Å². The lowest BCUT2D eigenvalue weighted by Gasteiger charge is -2.19. The van der Waals surface area contributed by atoms with Crippen LogP contribution in [0.3, 0.4) is 0 Å². The minimum absolute atomic E-state index is 0.222. The number of phosphoric ester groups is 1. The molecule has 0 fully saturated rings. The zero-order chi connectivity index (χ0) is 41.8. The van der Waals surface area contributed by atoms with E-state index in [0.29, 0.717) is 12.8 Å². The molecule has 0 aromatic carbocycles. The van der Waals surface area contributed by atoms with Crippen molar-refractivity contribution in [2.24, 2.45) is 0 Å². The minimum Gasteiger partial charge on any atom is -0.462 e. The molecule has 2 unspecified atom stereocenters. The van der Waals surface area contributed by atoms with Gasteiger partial charge in [0.1, 0.15) is 6.61 Å². The van der Waals surface area contributed by atoms with Crippen molar-refractivity contribution >= 4 is 19.8 Å². The third-order valence-corrected chi connectivity index (χ3v) is 11.9. The summed E-state index contributed by atoms with van der Waals surface area (Å²) in [5.74, 6) is -0.798. The van der Waals surface area contributed by atoms with Gasteiger partial charge in [-0.1, -0.05) is 219 Å². The second kappa shape index (κ2) is 44.3. The van der Waals surface area contributed by atoms with Crippen LogP contribution in [0, 0.1) is 0 Å². The summed E-state index contributed by atoms with van der Waals surface area (Å²) in [5.41, 5.74) is 0. The molecule has 0 amide bonds. The SMILES string of the molecule is CCCCCCCCC/C=C\CCCCCCCC(=O)OC(COC(=O)CCCCCCCCCCCCCCCCCCCCCCCC)COP(=O)(O)OC. The fourth-order valence-electron chi connectivity index (χ4n) is 7.24. The Kier molecular flexibility index (Phi) is 43.4. The van der Waals surface area contributed by atoms with Crippen molar-refractivity contribution < 1.29 is 37.6 Å². The number of allylic oxidation sites excluding steroid dienone is 2. The van der Waals surface area contributed by atoms with Gasteiger partial charge in [0.15, 0.2) is 6.10 Å². The molecule has 8 nitrogen and oxygen atoms in total. The van der Waals surface area contributed by atoms with Crippen molar-refractivity contribution in [1.29, 1.82) is 0 Å². The minimum atomic E-state index is -4.26. The zero-order valence-electron chi connectivity index (χ0n) is 37.8. The van der Waals surface area contributed by atoms with Gasteiger partial charge >= 0.3 is 19.8 Å². The largest absolute Gasteiger partial charge is 0.472 e. The Bertz CT molecular complexity index is 941. The molecule has 2 atom stereocenters. The second-order valence-corrected chi connectivity index (χ2v) is 18.2. The fraction of sp³-hybridized carbons (Fsp3) is 0.917. The molecule has 0 rings (SSSR count). The Labute approximate surface area is 352 Å². The molecule has 0 spiro atoms. The highest BCUT2D eigenvalue weighted by Gasteiger charge is 2.24. The number of carbonyl (C=O) groups is 2. The Morgan fingerprint density at radius 2 is 0.789 bits per heavy atom. The molecular weight excluding hydrogens is 735 g/mol. The summed E-state index contributed by atoms with van der Waals surface area (Å²) in [6, 6.07) is 0. The van der Waals surface area contributed by atoms with E-state index in [1.54, 1.807) is 0 Å². The third kappa shape index (κ3) is 44.2. The predicted molar refractivity (Wildman–Crippen MR) is 240 cm³/mol. The van der Waals surface area contributed by atoms with E-state index in [9.17, 15) is 19.0 Å². The maximum atomic E-state index is 12.5. The standard InChI is InChI=1S/C48H93O8P/c1-4-6-8-10-12-14-16-18-20-22-23-24-25-26-27-29-30-32-34-36-38-40-42-47(49)54-44-46(45-55-57(51,52)53-3)56-48(50)43-41-39-37-35-33-31-28-21-19-17-15-13-11-9-7-5-2/h21,28,46H,4-20,22-27,29-45H2,1-3H3,(H,51,52)/b28-21-. The van der Waals surface area contributed by atoms with Crippen LogP contribution in [-0.2, 0) is 32.7 Å². The normalized spacial score (nSPS) is 13.3. The topological polar surface area (TPSA) is 108 Å². The molecular formula is C48H93O8P. The fourth-order valence-corrected chi connectivity index (χ4v) is 7.70. The Balaban J connectivity index is 3.87. The lowest BCUT2D eigenvalue weighted by atomic mass is 10.0. The lowest BCUT2D eigenvalue weighted by molar-refractivity contribution is -0.161. The van der Waals surface area contributed by atoms with Gasteiger partial charge in [0.05, 0.1) is 6.61 Å². The number of hydrogen-bond acceptors (Lipinski definition) is 7. The molecule has 0 radical (unpaired) electrons. The number of ether oxygens (including phenoxy) is 2. The first kappa shape index (κ1) is 55.8. The Hall–Kier alpha value is -1.21. The van der Waals surface area contributed by atoms with Crippen molar-refractivity contribution in [2.45, 2.75) is 264 Å². The van der Waals surface area contributed by atoms with Crippen molar-refractivity contribution in [3.63, 3.8) is 0 Å². The summed E-state index contributed by atoms with van der Waals surface area (Å²) in [7, 11) is -3.20. The molecule has 0 aliphatic carbocycles. The molecule has 0 aliphatic heterocycles. The van der Waals surface area contributed by atoms with Gasteiger partial charge in [0.25, 0.3) is 0 Å². The quantitative estimate of drug-likeness (QED) is 0.0280. The lowest BCUT2D eigenvalue weighted by Crippen LogP contribution is -2.29. The first-order valence-electron chi connectivity index (χ1n) is 24.4. The molecule has 9 heteroatoms. The molecule has 0 aliphatic rings. The van der Waals surface area contributed by atoms with Gasteiger partial charge in [-0.05, 0) is 38.5 Å². The van der Waals surface area contributed by atoms with Crippen LogP contribution in [0.25, 0.3) is 0 Å². The summed E-state index contributed by atoms with van der Waals surface area (Å²) < 4.78 is 32.1. The maximum absolute atomic E-state index is 12.5. The Morgan fingerprint density at radius 1 is 0.474 bits per heavy atom. The van der Waals surface area contributed by atoms with Crippen LogP contribution >= 0.6 is 7.82 Å². The van der Waals surface area contributed by atoms with Crippen molar-refractivity contribution in [3.8, 4) is 0 Å². The van der Waals surface area contributed by atoms with E-state index in [2.05, 4.69) is 30.5 Å². The first-order valence-corrected chi connectivity index (χ1v) is 25.9. The van der Waals surface area contributed by atoms with Gasteiger partial charge < -0.3 is 14.4 Å². The van der Waals surface area contributed by atoms with Gasteiger partial charge in [0, 0.05) is 20.0 Å². The van der Waals surface area contributed by atoms with Gasteiger partial charge in [-0.2, -0.15) is 0 Å². The van der Waals surface area contributed by atoms with Crippen LogP contribution in [0.15, 0.2) is 12.2 Å². The van der Waals surface area contributed by atoms with Crippen molar-refractivity contribution in [3.05, 3.63) is 12.2 Å². The highest BCUT2D eigenvalue weighted by atomic mass is 31.2. The summed E-state index contributed by atoms with van der Waals surface area (Å²) >= 11 is 0. The first-order chi connectivity index (χ1) is 27.8. The summed E-state index contributed by atoms with van der Waals surface area (Å²) in [4.78, 5) is 34.6. The molecule has 1 N–H and O–H groups in total. The monoisotopic (exact) mass is 829 g/mol. The smallest absolute Gasteiger partial charge is 0.462 e. The number of rotatable bonds is 46. The van der Waals surface area contributed by atoms with Crippen molar-refractivity contribution in [1.82, 2.24) is 0 Å². The van der Waals surface area contributed by atoms with E-state index in [1.807, 2.05) is 0 Å². The molecule has 338 valence electrons. The Morgan fingerprint density at radius 3 is 1.14 bits per heavy atom. The van der Waals surface area contributed by atoms with Crippen LogP contribution in [0.4, 0.5) is 0 Å². The summed E-state index contributed by atoms with van der Waals surface area (Å²) in [6.07, 6.45) is 49.9. The molecule has 0 bridgehead atoms. The van der Waals surface area contributed by atoms with Crippen LogP contribution < -0.4 is 0 Å². The molecule has 0 saturated heterocycles. The van der Waals surface area contributed by atoms with Crippen molar-refractivity contribution in [2.75, 3.05) is 20.3 Å². The summed E-state index contributed by atoms with van der Waals surface area (Å²) in [5, 5.41) is 0. The molecule has 0 saturated carbocycles. The average Bonchev–Trinajstić information content (AvgIpc) is 3.20. The highest BCUT2D eigenvalue weighted by molar-refractivity contribution is 7.47. The highest BCUT2D eigenvalue weighted by Crippen LogP contribution is 2.42. The van der Waals surface area contributed by atoms with Gasteiger partial charge in [-0.3, -0.25) is 18.6 Å². The van der Waals surface area contributed by atoms with E-state index in [0.717, 1.165) is 58.5 Å². The van der Waals surface area contributed by atoms with E-state index in [-0.39, 0.29) is 19.0 Å². The van der Waals surface area contributed by atoms with Gasteiger partial charge in [0.2, 0.25) is 0 Å². The zero-order valence-corrected chi connectivity index (χ0v) is 38.7. The number of carbonyl (C=O) groups excluding carboxylic acids is 2. The summed E-state index contributed by atoms with van der Waals surface area (Å²) in [6.45, 7) is 3.92. The van der Waals surface area contributed by atoms with Crippen LogP contribution in [0.1, 0.15) is 258 Å². The molecule has 0 aromatic rings. The molecule has 57 heavy (non-hydrogen) atoms. The van der Waals surface area contributed by atoms with E-state index >= 15 is 0 Å². The number of phosphoric acid groups is 1. The van der Waals surface area contributed by atoms with Crippen LogP contribution in [-0.4, -0.2) is 43.3 Å². The predicted octanol–water partition coefficient (Wildman–Crippen LogP) is 15.6. The van der Waals surface area contributed by atoms with Crippen LogP contribution in [0.2, 0.25) is 0 Å². The van der Waals surface area contributed by atoms with Gasteiger partial charge in [-0.25, -0.2) is 4.57 Å². The van der Waals surface area contributed by atoms with E-state index in [4.69, 9.17) is 14.0 Å². The van der Waals surface area contributed by atoms with E-state index in [1.165, 1.54) is 173 Å². The second-order valence-electron chi connectivity index (χ2n) is 16.6. The third-order valence-electron chi connectivity index (χ3n) is 11.0. The number of esters is 2. The van der Waals surface area contributed by atoms with Gasteiger partial charge in [-0.15, -0.1) is 0 Å². The maximum Gasteiger partial charge on any atom is 0.472 e. The molecule has 0 heterocycles. The number of hydrogen-bond donors (Lipinski definition) is 1.